The van der Waals surface area contributed by atoms with Crippen LogP contribution in [0.3, 0.4) is 0 Å². The summed E-state index contributed by atoms with van der Waals surface area (Å²) in [4.78, 5) is 0. The summed E-state index contributed by atoms with van der Waals surface area (Å²) in [5.41, 5.74) is 4.22. The van der Waals surface area contributed by atoms with E-state index in [1.54, 1.807) is 0 Å². The molecule has 21 heavy (non-hydrogen) atoms. The van der Waals surface area contributed by atoms with Crippen LogP contribution < -0.4 is 5.32 Å². The number of aromatic nitrogens is 1. The van der Waals surface area contributed by atoms with Gasteiger partial charge < -0.3 is 9.88 Å². The lowest BCUT2D eigenvalue weighted by atomic mass is 10.2. The molecule has 2 aromatic rings. The van der Waals surface area contributed by atoms with Crippen molar-refractivity contribution in [2.45, 2.75) is 33.0 Å². The first-order valence-corrected chi connectivity index (χ1v) is 6.89. The minimum Gasteiger partial charge on any atom is -0.318 e. The minimum absolute atomic E-state index is 0.0570. The summed E-state index contributed by atoms with van der Waals surface area (Å²) < 4.78 is 38.4. The van der Waals surface area contributed by atoms with Crippen LogP contribution in [0, 0.1) is 13.8 Å². The summed E-state index contributed by atoms with van der Waals surface area (Å²) in [5.74, 6) is 0. The molecule has 0 aliphatic heterocycles. The van der Waals surface area contributed by atoms with Crippen LogP contribution in [0.2, 0.25) is 0 Å². The standard InChI is InChI=1S/C16H19F3N2/c1-12-10-14(11-20-9-8-16(17,18)19)13(2)21(12)15-6-4-3-5-7-15/h3-7,10,20H,8-9,11H2,1-2H3. The van der Waals surface area contributed by atoms with Gasteiger partial charge in [-0.3, -0.25) is 0 Å². The maximum absolute atomic E-state index is 12.1. The number of hydrogen-bond donors (Lipinski definition) is 1. The molecule has 0 amide bonds. The van der Waals surface area contributed by atoms with E-state index in [1.807, 2.05) is 50.2 Å². The molecule has 2 rings (SSSR count). The van der Waals surface area contributed by atoms with Crippen molar-refractivity contribution in [1.82, 2.24) is 9.88 Å². The van der Waals surface area contributed by atoms with Crippen molar-refractivity contribution >= 4 is 0 Å². The molecule has 0 fully saturated rings. The van der Waals surface area contributed by atoms with Crippen LogP contribution in [0.15, 0.2) is 36.4 Å². The second-order valence-corrected chi connectivity index (χ2v) is 5.11. The number of nitrogens with one attached hydrogen (secondary N) is 1. The molecule has 0 unspecified atom stereocenters. The van der Waals surface area contributed by atoms with Crippen molar-refractivity contribution in [1.29, 1.82) is 0 Å². The molecule has 114 valence electrons. The average molecular weight is 296 g/mol. The predicted molar refractivity (Wildman–Crippen MR) is 77.6 cm³/mol. The summed E-state index contributed by atoms with van der Waals surface area (Å²) in [6, 6.07) is 11.9. The van der Waals surface area contributed by atoms with Gasteiger partial charge in [-0.15, -0.1) is 0 Å². The third-order valence-electron chi connectivity index (χ3n) is 3.45. The van der Waals surface area contributed by atoms with Crippen LogP contribution in [0.5, 0.6) is 0 Å². The van der Waals surface area contributed by atoms with Crippen molar-refractivity contribution in [3.05, 3.63) is 53.3 Å². The molecular formula is C16H19F3N2. The van der Waals surface area contributed by atoms with Gasteiger partial charge in [-0.25, -0.2) is 0 Å². The Hall–Kier alpha value is -1.75. The van der Waals surface area contributed by atoms with Gasteiger partial charge in [0.1, 0.15) is 0 Å². The second-order valence-electron chi connectivity index (χ2n) is 5.11. The second kappa shape index (κ2) is 6.35. The molecule has 0 saturated carbocycles. The summed E-state index contributed by atoms with van der Waals surface area (Å²) >= 11 is 0. The molecule has 0 aliphatic carbocycles. The SMILES string of the molecule is Cc1cc(CNCCC(F)(F)F)c(C)n1-c1ccccc1. The van der Waals surface area contributed by atoms with Gasteiger partial charge in [0, 0.05) is 30.2 Å². The number of halogens is 3. The maximum Gasteiger partial charge on any atom is 0.390 e. The lowest BCUT2D eigenvalue weighted by Crippen LogP contribution is -2.21. The quantitative estimate of drug-likeness (QED) is 0.821. The summed E-state index contributed by atoms with van der Waals surface area (Å²) in [6.07, 6.45) is -4.90. The van der Waals surface area contributed by atoms with Gasteiger partial charge >= 0.3 is 6.18 Å². The molecule has 0 spiro atoms. The fourth-order valence-corrected chi connectivity index (χ4v) is 2.44. The third-order valence-corrected chi connectivity index (χ3v) is 3.45. The highest BCUT2D eigenvalue weighted by atomic mass is 19.4. The number of nitrogens with zero attached hydrogens (tertiary/aromatic N) is 1. The Morgan fingerprint density at radius 1 is 1.10 bits per heavy atom. The number of aryl methyl sites for hydroxylation is 1. The molecule has 0 bridgehead atoms. The third kappa shape index (κ3) is 4.11. The fourth-order valence-electron chi connectivity index (χ4n) is 2.44. The van der Waals surface area contributed by atoms with E-state index in [9.17, 15) is 13.2 Å². The van der Waals surface area contributed by atoms with E-state index < -0.39 is 12.6 Å². The highest BCUT2D eigenvalue weighted by molar-refractivity contribution is 5.40. The highest BCUT2D eigenvalue weighted by Crippen LogP contribution is 2.21. The van der Waals surface area contributed by atoms with Crippen LogP contribution in [0.25, 0.3) is 5.69 Å². The molecular weight excluding hydrogens is 277 g/mol. The minimum atomic E-state index is -4.10. The van der Waals surface area contributed by atoms with Gasteiger partial charge in [-0.2, -0.15) is 13.2 Å². The van der Waals surface area contributed by atoms with Crippen LogP contribution >= 0.6 is 0 Å². The number of hydrogen-bond acceptors (Lipinski definition) is 1. The first kappa shape index (κ1) is 15.6. The van der Waals surface area contributed by atoms with Crippen molar-refractivity contribution < 1.29 is 13.2 Å². The normalized spacial score (nSPS) is 11.9. The zero-order valence-electron chi connectivity index (χ0n) is 12.2. The lowest BCUT2D eigenvalue weighted by molar-refractivity contribution is -0.133. The highest BCUT2D eigenvalue weighted by Gasteiger charge is 2.26. The van der Waals surface area contributed by atoms with E-state index in [2.05, 4.69) is 9.88 Å². The molecule has 2 nitrogen and oxygen atoms in total. The topological polar surface area (TPSA) is 17.0 Å². The molecule has 1 N–H and O–H groups in total. The van der Waals surface area contributed by atoms with Gasteiger partial charge in [-0.05, 0) is 37.6 Å². The van der Waals surface area contributed by atoms with Gasteiger partial charge in [0.2, 0.25) is 0 Å². The Morgan fingerprint density at radius 2 is 1.76 bits per heavy atom. The first-order valence-electron chi connectivity index (χ1n) is 6.89. The van der Waals surface area contributed by atoms with Gasteiger partial charge in [-0.1, -0.05) is 18.2 Å². The van der Waals surface area contributed by atoms with Gasteiger partial charge in [0.25, 0.3) is 0 Å². The number of para-hydroxylation sites is 1. The van der Waals surface area contributed by atoms with Crippen molar-refractivity contribution in [2.75, 3.05) is 6.54 Å². The van der Waals surface area contributed by atoms with E-state index in [0.29, 0.717) is 6.54 Å². The molecule has 5 heteroatoms. The first-order chi connectivity index (χ1) is 9.88. The molecule has 1 aromatic heterocycles. The summed E-state index contributed by atoms with van der Waals surface area (Å²) in [5, 5.41) is 2.86. The van der Waals surface area contributed by atoms with Crippen LogP contribution in [-0.2, 0) is 6.54 Å². The van der Waals surface area contributed by atoms with E-state index in [1.165, 1.54) is 0 Å². The molecule has 1 heterocycles. The van der Waals surface area contributed by atoms with Crippen LogP contribution in [0.1, 0.15) is 23.4 Å². The summed E-state index contributed by atoms with van der Waals surface area (Å²) in [6.45, 7) is 4.38. The molecule has 0 atom stereocenters. The lowest BCUT2D eigenvalue weighted by Gasteiger charge is -2.10. The van der Waals surface area contributed by atoms with Gasteiger partial charge in [0.15, 0.2) is 0 Å². The fraction of sp³-hybridized carbons (Fsp3) is 0.375. The van der Waals surface area contributed by atoms with E-state index in [-0.39, 0.29) is 6.54 Å². The van der Waals surface area contributed by atoms with Crippen molar-refractivity contribution in [3.8, 4) is 5.69 Å². The maximum atomic E-state index is 12.1. The number of rotatable bonds is 5. The zero-order chi connectivity index (χ0) is 15.5. The Balaban J connectivity index is 2.06. The van der Waals surface area contributed by atoms with E-state index in [0.717, 1.165) is 22.6 Å². The number of alkyl halides is 3. The Morgan fingerprint density at radius 3 is 2.38 bits per heavy atom. The smallest absolute Gasteiger partial charge is 0.318 e. The van der Waals surface area contributed by atoms with Crippen molar-refractivity contribution in [2.24, 2.45) is 0 Å². The Kier molecular flexibility index (Phi) is 4.73. The van der Waals surface area contributed by atoms with Gasteiger partial charge in [0.05, 0.1) is 6.42 Å². The van der Waals surface area contributed by atoms with Crippen LogP contribution in [0.4, 0.5) is 13.2 Å². The molecule has 0 aliphatic rings. The van der Waals surface area contributed by atoms with E-state index >= 15 is 0 Å². The largest absolute Gasteiger partial charge is 0.390 e. The van der Waals surface area contributed by atoms with E-state index in [4.69, 9.17) is 0 Å². The number of benzene rings is 1. The average Bonchev–Trinajstić information content (AvgIpc) is 2.69. The molecule has 0 saturated heterocycles. The van der Waals surface area contributed by atoms with Crippen LogP contribution in [-0.4, -0.2) is 17.3 Å². The predicted octanol–water partition coefficient (Wildman–Crippen LogP) is 4.14. The molecule has 1 aromatic carbocycles. The van der Waals surface area contributed by atoms with Crippen molar-refractivity contribution in [3.63, 3.8) is 0 Å². The Bertz CT molecular complexity index is 586. The molecule has 0 radical (unpaired) electrons. The Labute approximate surface area is 122 Å². The monoisotopic (exact) mass is 296 g/mol. The zero-order valence-corrected chi connectivity index (χ0v) is 12.2. The summed E-state index contributed by atoms with van der Waals surface area (Å²) in [7, 11) is 0.